The van der Waals surface area contributed by atoms with Crippen molar-refractivity contribution in [2.24, 2.45) is 0 Å². The van der Waals surface area contributed by atoms with E-state index in [2.05, 4.69) is 21.2 Å². The van der Waals surface area contributed by atoms with Crippen LogP contribution in [0.1, 0.15) is 11.1 Å². The third-order valence-corrected chi connectivity index (χ3v) is 6.42. The van der Waals surface area contributed by atoms with E-state index in [1.165, 1.54) is 4.57 Å². The number of hydrogen-bond acceptors (Lipinski definition) is 4. The molecule has 0 fully saturated rings. The number of nitriles is 1. The molecule has 1 aromatic heterocycles. The standard InChI is InChI=1S/C26H18BrN3O2S/c27-20-11-7-10-19(14-20)15-23-25(32)30(21-12-5-2-6-13-21)26(33-23)22(16-28)24(31)29-17-18-8-3-1-4-9-18/h1-15H,17H2,(H,29,31)/b23-15+,26-22-. The van der Waals surface area contributed by atoms with Crippen LogP contribution in [0.2, 0.25) is 0 Å². The van der Waals surface area contributed by atoms with Crippen molar-refractivity contribution < 1.29 is 4.79 Å². The molecular formula is C26H18BrN3O2S. The predicted molar refractivity (Wildman–Crippen MR) is 134 cm³/mol. The van der Waals surface area contributed by atoms with Crippen LogP contribution in [0, 0.1) is 11.3 Å². The average molecular weight is 516 g/mol. The van der Waals surface area contributed by atoms with Gasteiger partial charge in [0.05, 0.1) is 10.2 Å². The van der Waals surface area contributed by atoms with Gasteiger partial charge in [0.25, 0.3) is 11.5 Å². The van der Waals surface area contributed by atoms with Gasteiger partial charge in [-0.25, -0.2) is 0 Å². The van der Waals surface area contributed by atoms with Crippen LogP contribution < -0.4 is 20.1 Å². The van der Waals surface area contributed by atoms with Gasteiger partial charge in [0.2, 0.25) is 0 Å². The highest BCUT2D eigenvalue weighted by Gasteiger charge is 2.16. The number of carbonyl (C=O) groups is 1. The maximum absolute atomic E-state index is 13.4. The summed E-state index contributed by atoms with van der Waals surface area (Å²) >= 11 is 4.56. The first-order valence-electron chi connectivity index (χ1n) is 10.1. The first-order chi connectivity index (χ1) is 16.1. The van der Waals surface area contributed by atoms with E-state index in [0.717, 1.165) is 26.9 Å². The normalized spacial score (nSPS) is 12.2. The number of para-hydroxylation sites is 1. The molecule has 1 N–H and O–H groups in total. The van der Waals surface area contributed by atoms with Gasteiger partial charge in [-0.1, -0.05) is 76.6 Å². The van der Waals surface area contributed by atoms with E-state index in [0.29, 0.717) is 14.9 Å². The molecule has 0 saturated carbocycles. The lowest BCUT2D eigenvalue weighted by Gasteiger charge is -2.06. The quantitative estimate of drug-likeness (QED) is 0.442. The molecule has 3 aromatic carbocycles. The van der Waals surface area contributed by atoms with E-state index in [4.69, 9.17) is 0 Å². The molecular weight excluding hydrogens is 498 g/mol. The number of aromatic nitrogens is 1. The Labute approximate surface area is 202 Å². The van der Waals surface area contributed by atoms with Crippen LogP contribution >= 0.6 is 27.3 Å². The first-order valence-corrected chi connectivity index (χ1v) is 11.7. The minimum absolute atomic E-state index is 0.106. The highest BCUT2D eigenvalue weighted by atomic mass is 79.9. The van der Waals surface area contributed by atoms with Crippen molar-refractivity contribution in [2.75, 3.05) is 0 Å². The summed E-state index contributed by atoms with van der Waals surface area (Å²) in [5.41, 5.74) is 1.95. The van der Waals surface area contributed by atoms with Crippen molar-refractivity contribution >= 4 is 44.8 Å². The van der Waals surface area contributed by atoms with E-state index in [1.807, 2.05) is 78.9 Å². The number of carbonyl (C=O) groups excluding carboxylic acids is 1. The Balaban J connectivity index is 1.88. The Bertz CT molecular complexity index is 1520. The summed E-state index contributed by atoms with van der Waals surface area (Å²) in [4.78, 5) is 26.3. The molecule has 0 saturated heterocycles. The van der Waals surface area contributed by atoms with E-state index in [1.54, 1.807) is 18.2 Å². The van der Waals surface area contributed by atoms with Gasteiger partial charge in [-0.15, -0.1) is 11.3 Å². The van der Waals surface area contributed by atoms with Crippen LogP contribution in [0.3, 0.4) is 0 Å². The van der Waals surface area contributed by atoms with Crippen molar-refractivity contribution in [2.45, 2.75) is 6.54 Å². The Kier molecular flexibility index (Phi) is 6.98. The van der Waals surface area contributed by atoms with Crippen molar-refractivity contribution in [3.8, 4) is 11.8 Å². The van der Waals surface area contributed by atoms with Gasteiger partial charge in [-0.3, -0.25) is 14.2 Å². The fraction of sp³-hybridized carbons (Fsp3) is 0.0385. The number of nitrogens with zero attached hydrogens (tertiary/aromatic N) is 2. The summed E-state index contributed by atoms with van der Waals surface area (Å²) in [5, 5.41) is 12.7. The van der Waals surface area contributed by atoms with Gasteiger partial charge in [0.15, 0.2) is 5.57 Å². The predicted octanol–water partition coefficient (Wildman–Crippen LogP) is 3.48. The Hall–Kier alpha value is -3.73. The number of hydrogen-bond donors (Lipinski definition) is 1. The topological polar surface area (TPSA) is 74.9 Å². The highest BCUT2D eigenvalue weighted by molar-refractivity contribution is 9.10. The molecule has 4 aromatic rings. The van der Waals surface area contributed by atoms with E-state index in [9.17, 15) is 14.9 Å². The first kappa shape index (κ1) is 22.5. The molecule has 0 radical (unpaired) electrons. The van der Waals surface area contributed by atoms with Crippen LogP contribution in [0.15, 0.2) is 94.2 Å². The van der Waals surface area contributed by atoms with Crippen LogP contribution in [-0.2, 0) is 11.3 Å². The molecule has 1 heterocycles. The molecule has 0 spiro atoms. The van der Waals surface area contributed by atoms with Crippen LogP contribution in [-0.4, -0.2) is 10.5 Å². The second kappa shape index (κ2) is 10.3. The van der Waals surface area contributed by atoms with E-state index < -0.39 is 5.91 Å². The second-order valence-corrected chi connectivity index (χ2v) is 9.05. The second-order valence-electron chi connectivity index (χ2n) is 7.10. The Morgan fingerprint density at radius 2 is 1.73 bits per heavy atom. The molecule has 0 bridgehead atoms. The maximum Gasteiger partial charge on any atom is 0.273 e. The third-order valence-electron chi connectivity index (χ3n) is 4.83. The molecule has 0 atom stereocenters. The van der Waals surface area contributed by atoms with Crippen molar-refractivity contribution in [3.63, 3.8) is 0 Å². The molecule has 4 rings (SSSR count). The summed E-state index contributed by atoms with van der Waals surface area (Å²) in [6, 6.07) is 28.0. The minimum Gasteiger partial charge on any atom is -0.347 e. The minimum atomic E-state index is -0.527. The number of rotatable bonds is 5. The molecule has 0 aliphatic heterocycles. The molecule has 0 unspecified atom stereocenters. The van der Waals surface area contributed by atoms with Gasteiger partial charge in [0.1, 0.15) is 10.7 Å². The lowest BCUT2D eigenvalue weighted by molar-refractivity contribution is -0.115. The molecule has 0 aliphatic carbocycles. The molecule has 1 amide bonds. The van der Waals surface area contributed by atoms with Crippen LogP contribution in [0.25, 0.3) is 17.3 Å². The SMILES string of the molecule is N#C/C(C(=O)NCc1ccccc1)=c1/s/c(=C/c2cccc(Br)c2)c(=O)n1-c1ccccc1. The molecule has 33 heavy (non-hydrogen) atoms. The fourth-order valence-corrected chi connectivity index (χ4v) is 4.79. The van der Waals surface area contributed by atoms with Crippen molar-refractivity contribution in [1.82, 2.24) is 9.88 Å². The summed E-state index contributed by atoms with van der Waals surface area (Å²) in [7, 11) is 0. The van der Waals surface area contributed by atoms with E-state index >= 15 is 0 Å². The van der Waals surface area contributed by atoms with Gasteiger partial charge in [-0.05, 0) is 41.5 Å². The van der Waals surface area contributed by atoms with Gasteiger partial charge >= 0.3 is 0 Å². The summed E-state index contributed by atoms with van der Waals surface area (Å²) in [6.45, 7) is 0.281. The highest BCUT2D eigenvalue weighted by Crippen LogP contribution is 2.12. The van der Waals surface area contributed by atoms with Crippen molar-refractivity contribution in [1.29, 1.82) is 5.26 Å². The molecule has 5 nitrogen and oxygen atoms in total. The smallest absolute Gasteiger partial charge is 0.273 e. The van der Waals surface area contributed by atoms with E-state index in [-0.39, 0.29) is 17.7 Å². The Morgan fingerprint density at radius 3 is 2.39 bits per heavy atom. The van der Waals surface area contributed by atoms with Gasteiger partial charge in [0, 0.05) is 11.0 Å². The zero-order valence-electron chi connectivity index (χ0n) is 17.4. The third kappa shape index (κ3) is 5.20. The largest absolute Gasteiger partial charge is 0.347 e. The van der Waals surface area contributed by atoms with Gasteiger partial charge in [-0.2, -0.15) is 5.26 Å². The monoisotopic (exact) mass is 515 g/mol. The molecule has 7 heteroatoms. The lowest BCUT2D eigenvalue weighted by atomic mass is 10.2. The number of amides is 1. The molecule has 162 valence electrons. The Morgan fingerprint density at radius 1 is 1.03 bits per heavy atom. The summed E-state index contributed by atoms with van der Waals surface area (Å²) in [5.74, 6) is -0.527. The molecule has 0 aliphatic rings. The summed E-state index contributed by atoms with van der Waals surface area (Å²) < 4.78 is 3.03. The average Bonchev–Trinajstić information content (AvgIpc) is 3.15. The summed E-state index contributed by atoms with van der Waals surface area (Å²) in [6.07, 6.45) is 1.76. The van der Waals surface area contributed by atoms with Crippen molar-refractivity contribution in [3.05, 3.63) is 120 Å². The lowest BCUT2D eigenvalue weighted by Crippen LogP contribution is -2.33. The van der Waals surface area contributed by atoms with Crippen LogP contribution in [0.4, 0.5) is 0 Å². The number of nitrogens with one attached hydrogen (secondary N) is 1. The fourth-order valence-electron chi connectivity index (χ4n) is 3.27. The zero-order chi connectivity index (χ0) is 23.2. The maximum atomic E-state index is 13.4. The number of halogens is 1. The number of benzene rings is 3. The van der Waals surface area contributed by atoms with Gasteiger partial charge < -0.3 is 5.32 Å². The number of thiazole rings is 1. The zero-order valence-corrected chi connectivity index (χ0v) is 19.8. The van der Waals surface area contributed by atoms with Crippen LogP contribution in [0.5, 0.6) is 0 Å².